The molecule has 0 aliphatic heterocycles. The minimum atomic E-state index is -1.41. The van der Waals surface area contributed by atoms with Gasteiger partial charge < -0.3 is 14.8 Å². The SMILES string of the molecule is CC(C)(C)OC(=O)NC1Cc2ccccc2C(F)C1C=O. The average Bonchev–Trinajstić information content (AvgIpc) is 2.37. The van der Waals surface area contributed by atoms with E-state index in [1.807, 2.05) is 12.1 Å². The van der Waals surface area contributed by atoms with Gasteiger partial charge in [0.25, 0.3) is 0 Å². The van der Waals surface area contributed by atoms with Crippen LogP contribution in [0, 0.1) is 5.92 Å². The largest absolute Gasteiger partial charge is 0.444 e. The number of amides is 1. The van der Waals surface area contributed by atoms with Crippen molar-refractivity contribution in [2.75, 3.05) is 0 Å². The number of hydrogen-bond donors (Lipinski definition) is 1. The highest BCUT2D eigenvalue weighted by atomic mass is 19.1. The molecule has 3 unspecified atom stereocenters. The number of carbonyl (C=O) groups excluding carboxylic acids is 2. The zero-order valence-electron chi connectivity index (χ0n) is 12.4. The summed E-state index contributed by atoms with van der Waals surface area (Å²) in [5, 5.41) is 2.62. The fourth-order valence-electron chi connectivity index (χ4n) is 2.54. The van der Waals surface area contributed by atoms with Crippen LogP contribution in [0.2, 0.25) is 0 Å². The fraction of sp³-hybridized carbons (Fsp3) is 0.500. The summed E-state index contributed by atoms with van der Waals surface area (Å²) < 4.78 is 19.6. The van der Waals surface area contributed by atoms with Crippen molar-refractivity contribution in [3.63, 3.8) is 0 Å². The number of carbonyl (C=O) groups is 2. The maximum Gasteiger partial charge on any atom is 0.407 e. The summed E-state index contributed by atoms with van der Waals surface area (Å²) in [6.45, 7) is 5.24. The monoisotopic (exact) mass is 293 g/mol. The van der Waals surface area contributed by atoms with E-state index >= 15 is 0 Å². The molecule has 1 N–H and O–H groups in total. The Labute approximate surface area is 123 Å². The summed E-state index contributed by atoms with van der Waals surface area (Å²) in [6.07, 6.45) is -1.06. The molecule has 0 heterocycles. The summed E-state index contributed by atoms with van der Waals surface area (Å²) in [4.78, 5) is 23.1. The van der Waals surface area contributed by atoms with Crippen molar-refractivity contribution in [1.82, 2.24) is 5.32 Å². The van der Waals surface area contributed by atoms with Gasteiger partial charge in [0, 0.05) is 6.04 Å². The van der Waals surface area contributed by atoms with E-state index in [1.165, 1.54) is 0 Å². The maximum absolute atomic E-state index is 14.5. The quantitative estimate of drug-likeness (QED) is 0.853. The number of rotatable bonds is 2. The van der Waals surface area contributed by atoms with E-state index in [2.05, 4.69) is 5.32 Å². The molecule has 1 amide bonds. The highest BCUT2D eigenvalue weighted by Gasteiger charge is 2.38. The van der Waals surface area contributed by atoms with Crippen LogP contribution in [0.25, 0.3) is 0 Å². The lowest BCUT2D eigenvalue weighted by Crippen LogP contribution is -2.48. The third kappa shape index (κ3) is 3.60. The molecule has 0 spiro atoms. The van der Waals surface area contributed by atoms with Crippen molar-refractivity contribution in [1.29, 1.82) is 0 Å². The number of ether oxygens (including phenoxy) is 1. The summed E-state index contributed by atoms with van der Waals surface area (Å²) in [7, 11) is 0. The van der Waals surface area contributed by atoms with E-state index in [-0.39, 0.29) is 0 Å². The Morgan fingerprint density at radius 3 is 2.67 bits per heavy atom. The lowest BCUT2D eigenvalue weighted by Gasteiger charge is -2.33. The number of benzene rings is 1. The molecule has 114 valence electrons. The van der Waals surface area contributed by atoms with Crippen LogP contribution in [0.15, 0.2) is 24.3 Å². The topological polar surface area (TPSA) is 55.4 Å². The Morgan fingerprint density at radius 2 is 2.05 bits per heavy atom. The molecule has 0 fully saturated rings. The van der Waals surface area contributed by atoms with Crippen LogP contribution in [-0.4, -0.2) is 24.0 Å². The van der Waals surface area contributed by atoms with E-state index in [1.54, 1.807) is 32.9 Å². The van der Waals surface area contributed by atoms with Gasteiger partial charge in [0.2, 0.25) is 0 Å². The van der Waals surface area contributed by atoms with Crippen LogP contribution >= 0.6 is 0 Å². The second kappa shape index (κ2) is 5.84. The first-order valence-corrected chi connectivity index (χ1v) is 6.98. The third-order valence-corrected chi connectivity index (χ3v) is 3.45. The second-order valence-electron chi connectivity index (χ2n) is 6.27. The predicted octanol–water partition coefficient (Wildman–Crippen LogP) is 2.96. The van der Waals surface area contributed by atoms with E-state index < -0.39 is 29.8 Å². The molecule has 0 aromatic heterocycles. The van der Waals surface area contributed by atoms with Crippen LogP contribution in [0.4, 0.5) is 9.18 Å². The van der Waals surface area contributed by atoms with Crippen molar-refractivity contribution < 1.29 is 18.7 Å². The Hall–Kier alpha value is -1.91. The van der Waals surface area contributed by atoms with Crippen LogP contribution in [0.1, 0.15) is 38.1 Å². The lowest BCUT2D eigenvalue weighted by molar-refractivity contribution is -0.114. The Balaban J connectivity index is 2.17. The molecule has 1 aliphatic carbocycles. The molecule has 5 heteroatoms. The number of halogens is 1. The second-order valence-corrected chi connectivity index (χ2v) is 6.27. The average molecular weight is 293 g/mol. The number of nitrogens with one attached hydrogen (secondary N) is 1. The van der Waals surface area contributed by atoms with Gasteiger partial charge in [-0.05, 0) is 38.3 Å². The number of hydrogen-bond acceptors (Lipinski definition) is 3. The van der Waals surface area contributed by atoms with Gasteiger partial charge >= 0.3 is 6.09 Å². The number of fused-ring (bicyclic) bond motifs is 1. The van der Waals surface area contributed by atoms with Crippen LogP contribution in [0.5, 0.6) is 0 Å². The van der Waals surface area contributed by atoms with Crippen molar-refractivity contribution in [3.05, 3.63) is 35.4 Å². The van der Waals surface area contributed by atoms with Crippen molar-refractivity contribution in [2.45, 2.75) is 45.0 Å². The number of aldehydes is 1. The molecule has 0 radical (unpaired) electrons. The highest BCUT2D eigenvalue weighted by Crippen LogP contribution is 2.36. The van der Waals surface area contributed by atoms with Gasteiger partial charge in [0.1, 0.15) is 18.1 Å². The van der Waals surface area contributed by atoms with E-state index in [9.17, 15) is 14.0 Å². The maximum atomic E-state index is 14.5. The van der Waals surface area contributed by atoms with Crippen LogP contribution < -0.4 is 5.32 Å². The summed E-state index contributed by atoms with van der Waals surface area (Å²) in [5.41, 5.74) is 0.698. The van der Waals surface area contributed by atoms with Crippen LogP contribution in [-0.2, 0) is 16.0 Å². The molecule has 4 nitrogen and oxygen atoms in total. The molecular formula is C16H20FNO3. The van der Waals surface area contributed by atoms with E-state index in [0.717, 1.165) is 5.56 Å². The molecule has 3 atom stereocenters. The van der Waals surface area contributed by atoms with Gasteiger partial charge in [-0.1, -0.05) is 24.3 Å². The fourth-order valence-corrected chi connectivity index (χ4v) is 2.54. The number of alkyl halides is 1. The Morgan fingerprint density at radius 1 is 1.38 bits per heavy atom. The molecule has 2 rings (SSSR count). The minimum absolute atomic E-state index is 0.416. The molecular weight excluding hydrogens is 273 g/mol. The van der Waals surface area contributed by atoms with Gasteiger partial charge in [-0.15, -0.1) is 0 Å². The van der Waals surface area contributed by atoms with Gasteiger partial charge in [-0.25, -0.2) is 9.18 Å². The highest BCUT2D eigenvalue weighted by molar-refractivity contribution is 5.70. The molecule has 1 aliphatic rings. The predicted molar refractivity (Wildman–Crippen MR) is 76.7 cm³/mol. The van der Waals surface area contributed by atoms with Gasteiger partial charge in [0.05, 0.1) is 5.92 Å². The minimum Gasteiger partial charge on any atom is -0.444 e. The molecule has 0 saturated carbocycles. The number of alkyl carbamates (subject to hydrolysis) is 1. The van der Waals surface area contributed by atoms with Crippen molar-refractivity contribution in [2.24, 2.45) is 5.92 Å². The first-order chi connectivity index (χ1) is 9.81. The van der Waals surface area contributed by atoms with Crippen molar-refractivity contribution >= 4 is 12.4 Å². The Kier molecular flexibility index (Phi) is 4.30. The van der Waals surface area contributed by atoms with E-state index in [0.29, 0.717) is 18.3 Å². The first-order valence-electron chi connectivity index (χ1n) is 6.98. The molecule has 0 saturated heterocycles. The van der Waals surface area contributed by atoms with Gasteiger partial charge in [-0.2, -0.15) is 0 Å². The summed E-state index contributed by atoms with van der Waals surface area (Å²) in [5.74, 6) is -0.896. The van der Waals surface area contributed by atoms with E-state index in [4.69, 9.17) is 4.74 Å². The third-order valence-electron chi connectivity index (χ3n) is 3.45. The standard InChI is InChI=1S/C16H20FNO3/c1-16(2,3)21-15(20)18-13-8-10-6-4-5-7-11(10)14(17)12(13)9-19/h4-7,9,12-14H,8H2,1-3H3,(H,18,20). The zero-order chi connectivity index (χ0) is 15.6. The molecule has 0 bridgehead atoms. The molecule has 1 aromatic rings. The molecule has 21 heavy (non-hydrogen) atoms. The molecule has 1 aromatic carbocycles. The normalized spacial score (nSPS) is 24.9. The summed E-state index contributed by atoms with van der Waals surface area (Å²) in [6, 6.07) is 6.46. The van der Waals surface area contributed by atoms with Crippen LogP contribution in [0.3, 0.4) is 0 Å². The smallest absolute Gasteiger partial charge is 0.407 e. The first kappa shape index (κ1) is 15.5. The lowest BCUT2D eigenvalue weighted by atomic mass is 9.79. The van der Waals surface area contributed by atoms with Gasteiger partial charge in [-0.3, -0.25) is 0 Å². The summed E-state index contributed by atoms with van der Waals surface area (Å²) >= 11 is 0. The Bertz CT molecular complexity index is 539. The van der Waals surface area contributed by atoms with Gasteiger partial charge in [0.15, 0.2) is 0 Å². The zero-order valence-corrected chi connectivity index (χ0v) is 12.4. The van der Waals surface area contributed by atoms with Crippen molar-refractivity contribution in [3.8, 4) is 0 Å².